The molecule has 3 N–H and O–H groups in total. The molecule has 0 radical (unpaired) electrons. The molecule has 1 saturated heterocycles. The van der Waals surface area contributed by atoms with Gasteiger partial charge in [-0.05, 0) is 59.5 Å². The van der Waals surface area contributed by atoms with Gasteiger partial charge in [0.05, 0.1) is 7.11 Å². The van der Waals surface area contributed by atoms with Crippen LogP contribution in [0.2, 0.25) is 0 Å². The second-order valence-corrected chi connectivity index (χ2v) is 10.2. The van der Waals surface area contributed by atoms with E-state index >= 15 is 0 Å². The number of likely N-dealkylation sites (N-methyl/N-ethyl adjacent to an activating group) is 1. The topological polar surface area (TPSA) is 99.1 Å². The largest absolute Gasteiger partial charge is 0.497 e. The predicted octanol–water partition coefficient (Wildman–Crippen LogP) is 3.77. The van der Waals surface area contributed by atoms with Crippen LogP contribution in [0.4, 0.5) is 0 Å². The zero-order chi connectivity index (χ0) is 25.1. The van der Waals surface area contributed by atoms with Gasteiger partial charge in [-0.2, -0.15) is 0 Å². The van der Waals surface area contributed by atoms with Crippen LogP contribution in [0.1, 0.15) is 36.1 Å². The Bertz CT molecular complexity index is 1400. The molecule has 0 aromatic heterocycles. The number of methoxy groups -OCH3 is 1. The third kappa shape index (κ3) is 3.71. The fourth-order valence-electron chi connectivity index (χ4n) is 5.59. The van der Waals surface area contributed by atoms with Gasteiger partial charge in [0.15, 0.2) is 11.5 Å². The summed E-state index contributed by atoms with van der Waals surface area (Å²) < 4.78 is 12.0. The van der Waals surface area contributed by atoms with E-state index in [1.165, 1.54) is 10.5 Å². The number of rotatable bonds is 5. The van der Waals surface area contributed by atoms with E-state index in [1.807, 2.05) is 43.3 Å². The second kappa shape index (κ2) is 8.10. The lowest BCUT2D eigenvalue weighted by atomic mass is 9.74. The van der Waals surface area contributed by atoms with Crippen LogP contribution in [0.3, 0.4) is 0 Å². The van der Waals surface area contributed by atoms with Crippen LogP contribution in [0.15, 0.2) is 71.7 Å². The Balaban J connectivity index is 1.44. The van der Waals surface area contributed by atoms with Gasteiger partial charge in [-0.15, -0.1) is 0 Å². The summed E-state index contributed by atoms with van der Waals surface area (Å²) in [5.41, 5.74) is 9.60. The Morgan fingerprint density at radius 3 is 2.64 bits per heavy atom. The maximum absolute atomic E-state index is 13.7. The minimum absolute atomic E-state index is 0.130. The highest BCUT2D eigenvalue weighted by molar-refractivity contribution is 6.07. The van der Waals surface area contributed by atoms with E-state index in [4.69, 9.17) is 20.2 Å². The van der Waals surface area contributed by atoms with Crippen molar-refractivity contribution in [2.24, 2.45) is 10.7 Å². The number of fused-ring (bicyclic) bond motifs is 2. The van der Waals surface area contributed by atoms with Gasteiger partial charge in [0.25, 0.3) is 5.91 Å². The van der Waals surface area contributed by atoms with E-state index in [2.05, 4.69) is 35.6 Å². The fraction of sp³-hybridized carbons (Fsp3) is 0.310. The molecular formula is C29H30N4O3. The number of guanidine groups is 1. The van der Waals surface area contributed by atoms with Crippen molar-refractivity contribution in [2.75, 3.05) is 20.7 Å². The quantitative estimate of drug-likeness (QED) is 0.540. The maximum Gasteiger partial charge on any atom is 0.261 e. The van der Waals surface area contributed by atoms with Crippen LogP contribution in [-0.4, -0.2) is 43.1 Å². The predicted molar refractivity (Wildman–Crippen MR) is 139 cm³/mol. The van der Waals surface area contributed by atoms with E-state index in [0.717, 1.165) is 34.5 Å². The molecule has 2 unspecified atom stereocenters. The lowest BCUT2D eigenvalue weighted by Gasteiger charge is -2.43. The number of nitrogens with zero attached hydrogens (tertiary/aromatic N) is 2. The highest BCUT2D eigenvalue weighted by Gasteiger charge is 2.56. The first-order valence-electron chi connectivity index (χ1n) is 12.2. The van der Waals surface area contributed by atoms with Crippen molar-refractivity contribution in [1.29, 1.82) is 0 Å². The van der Waals surface area contributed by atoms with Gasteiger partial charge in [0.1, 0.15) is 17.1 Å². The van der Waals surface area contributed by atoms with Crippen LogP contribution in [0.5, 0.6) is 11.5 Å². The summed E-state index contributed by atoms with van der Waals surface area (Å²) in [7, 11) is 3.34. The van der Waals surface area contributed by atoms with Gasteiger partial charge in [-0.25, -0.2) is 4.99 Å². The average Bonchev–Trinajstić information content (AvgIpc) is 3.70. The van der Waals surface area contributed by atoms with Gasteiger partial charge < -0.3 is 20.5 Å². The molecule has 36 heavy (non-hydrogen) atoms. The highest BCUT2D eigenvalue weighted by Crippen LogP contribution is 2.51. The van der Waals surface area contributed by atoms with Crippen molar-refractivity contribution in [2.45, 2.75) is 36.9 Å². The molecule has 3 aliphatic rings. The summed E-state index contributed by atoms with van der Waals surface area (Å²) in [6, 6.07) is 22.9. The Labute approximate surface area is 210 Å². The molecule has 1 amide bonds. The van der Waals surface area contributed by atoms with Gasteiger partial charge >= 0.3 is 0 Å². The number of benzene rings is 3. The number of carbonyl (C=O) groups is 1. The zero-order valence-corrected chi connectivity index (χ0v) is 20.7. The first kappa shape index (κ1) is 22.6. The molecule has 7 heteroatoms. The zero-order valence-electron chi connectivity index (χ0n) is 20.7. The van der Waals surface area contributed by atoms with Crippen LogP contribution >= 0.6 is 0 Å². The molecule has 6 rings (SSSR count). The fourth-order valence-corrected chi connectivity index (χ4v) is 5.59. The molecule has 0 aliphatic carbocycles. The van der Waals surface area contributed by atoms with E-state index in [9.17, 15) is 4.79 Å². The summed E-state index contributed by atoms with van der Waals surface area (Å²) in [5, 5.41) is 3.36. The number of hydrogen-bond donors (Lipinski definition) is 2. The highest BCUT2D eigenvalue weighted by atomic mass is 16.5. The van der Waals surface area contributed by atoms with Crippen molar-refractivity contribution < 1.29 is 14.3 Å². The molecule has 3 aromatic carbocycles. The smallest absolute Gasteiger partial charge is 0.261 e. The van der Waals surface area contributed by atoms with E-state index in [0.29, 0.717) is 24.6 Å². The Hall–Kier alpha value is -3.84. The number of nitrogens with one attached hydrogen (secondary N) is 1. The molecule has 1 spiro atoms. The molecule has 3 aliphatic heterocycles. The monoisotopic (exact) mass is 482 g/mol. The van der Waals surface area contributed by atoms with Gasteiger partial charge in [-0.1, -0.05) is 36.4 Å². The Morgan fingerprint density at radius 1 is 1.14 bits per heavy atom. The van der Waals surface area contributed by atoms with Crippen LogP contribution in [-0.2, 0) is 16.8 Å². The molecule has 3 atom stereocenters. The summed E-state index contributed by atoms with van der Waals surface area (Å²) in [6.07, 6.45) is 0.972. The van der Waals surface area contributed by atoms with E-state index < -0.39 is 11.1 Å². The Morgan fingerprint density at radius 2 is 1.92 bits per heavy atom. The van der Waals surface area contributed by atoms with Crippen LogP contribution < -0.4 is 20.5 Å². The summed E-state index contributed by atoms with van der Waals surface area (Å²) in [4.78, 5) is 20.0. The van der Waals surface area contributed by atoms with Crippen molar-refractivity contribution >= 4 is 11.9 Å². The minimum Gasteiger partial charge on any atom is -0.497 e. The number of nitrogens with two attached hydrogens (primary N) is 1. The SMILES string of the molecule is COc1cccc(C[C@@]2(C)CC3(N=C(N)N(C)C3=O)c3cc(-c4cccc(C5CN5)c4)ccc3O2)c1. The molecule has 3 aromatic rings. The first-order valence-corrected chi connectivity index (χ1v) is 12.2. The second-order valence-electron chi connectivity index (χ2n) is 10.2. The van der Waals surface area contributed by atoms with Crippen molar-refractivity contribution in [1.82, 2.24) is 10.2 Å². The molecule has 7 nitrogen and oxygen atoms in total. The van der Waals surface area contributed by atoms with Gasteiger partial charge in [0.2, 0.25) is 0 Å². The normalized spacial score (nSPS) is 26.4. The molecule has 1 fully saturated rings. The molecular weight excluding hydrogens is 452 g/mol. The number of hydrogen-bond acceptors (Lipinski definition) is 6. The van der Waals surface area contributed by atoms with E-state index in [1.54, 1.807) is 14.2 Å². The molecule has 0 saturated carbocycles. The third-order valence-corrected chi connectivity index (χ3v) is 7.46. The lowest BCUT2D eigenvalue weighted by Crippen LogP contribution is -2.51. The average molecular weight is 483 g/mol. The third-order valence-electron chi connectivity index (χ3n) is 7.46. The minimum atomic E-state index is -1.13. The van der Waals surface area contributed by atoms with Crippen molar-refractivity contribution in [3.8, 4) is 22.6 Å². The maximum atomic E-state index is 13.7. The number of aliphatic imine (C=N–C) groups is 1. The first-order chi connectivity index (χ1) is 17.3. The number of carbonyl (C=O) groups excluding carboxylic acids is 1. The van der Waals surface area contributed by atoms with Crippen molar-refractivity contribution in [3.05, 3.63) is 83.4 Å². The summed E-state index contributed by atoms with van der Waals surface area (Å²) in [6.45, 7) is 3.04. The van der Waals surface area contributed by atoms with Crippen LogP contribution in [0, 0.1) is 0 Å². The standard InChI is InChI=1S/C29H30N4O3/c1-28(15-18-6-4-9-22(12-18)35-3)17-29(26(34)33(2)27(30)32-29)23-14-20(10-11-25(23)36-28)19-7-5-8-21(13-19)24-16-31-24/h4-14,24,31H,15-17H2,1-3H3,(H2,30,32)/t24?,28-,29?/m0/s1. The van der Waals surface area contributed by atoms with E-state index in [-0.39, 0.29) is 11.9 Å². The van der Waals surface area contributed by atoms with Gasteiger partial charge in [-0.3, -0.25) is 9.69 Å². The summed E-state index contributed by atoms with van der Waals surface area (Å²) in [5.74, 6) is 1.54. The van der Waals surface area contributed by atoms with Crippen LogP contribution in [0.25, 0.3) is 11.1 Å². The molecule has 184 valence electrons. The summed E-state index contributed by atoms with van der Waals surface area (Å²) >= 11 is 0. The van der Waals surface area contributed by atoms with Crippen molar-refractivity contribution in [3.63, 3.8) is 0 Å². The van der Waals surface area contributed by atoms with Gasteiger partial charge in [0, 0.05) is 38.0 Å². The number of amides is 1. The molecule has 3 heterocycles. The molecule has 0 bridgehead atoms. The lowest BCUT2D eigenvalue weighted by molar-refractivity contribution is -0.133. The number of ether oxygens (including phenoxy) is 2. The Kier molecular flexibility index (Phi) is 5.09.